The minimum atomic E-state index is -0.386. The first kappa shape index (κ1) is 12.4. The van der Waals surface area contributed by atoms with Gasteiger partial charge in [0.25, 0.3) is 5.91 Å². The molecule has 4 heteroatoms. The maximum atomic E-state index is 11.9. The topological polar surface area (TPSA) is 58.6 Å². The van der Waals surface area contributed by atoms with Crippen LogP contribution in [0.15, 0.2) is 48.5 Å². The summed E-state index contributed by atoms with van der Waals surface area (Å²) in [7, 11) is 0. The number of rotatable bonds is 3. The zero-order chi connectivity index (χ0) is 13.9. The smallest absolute Gasteiger partial charge is 0.256 e. The van der Waals surface area contributed by atoms with Gasteiger partial charge in [-0.1, -0.05) is 36.4 Å². The number of aliphatic hydroxyl groups excluding tert-OH is 1. The molecule has 0 radical (unpaired) electrons. The molecular formula is C16H13NO3. The fourth-order valence-electron chi connectivity index (χ4n) is 2.24. The molecule has 4 nitrogen and oxygen atoms in total. The lowest BCUT2D eigenvalue weighted by Crippen LogP contribution is -2.12. The number of ether oxygens (including phenoxy) is 1. The SMILES string of the molecule is O=C1N/C(=C\c2ccccc2OCO)c2ccccc21. The van der Waals surface area contributed by atoms with Crippen LogP contribution in [0.2, 0.25) is 0 Å². The number of nitrogens with one attached hydrogen (secondary N) is 1. The number of amides is 1. The van der Waals surface area contributed by atoms with E-state index >= 15 is 0 Å². The Labute approximate surface area is 116 Å². The quantitative estimate of drug-likeness (QED) is 0.839. The van der Waals surface area contributed by atoms with Crippen molar-refractivity contribution in [1.29, 1.82) is 0 Å². The Balaban J connectivity index is 2.05. The van der Waals surface area contributed by atoms with Gasteiger partial charge >= 0.3 is 0 Å². The van der Waals surface area contributed by atoms with Crippen molar-refractivity contribution in [2.75, 3.05) is 6.79 Å². The van der Waals surface area contributed by atoms with Gasteiger partial charge in [0.2, 0.25) is 0 Å². The van der Waals surface area contributed by atoms with Crippen LogP contribution in [0.25, 0.3) is 11.8 Å². The molecule has 0 aromatic heterocycles. The van der Waals surface area contributed by atoms with E-state index < -0.39 is 0 Å². The largest absolute Gasteiger partial charge is 0.467 e. The molecule has 0 saturated heterocycles. The number of para-hydroxylation sites is 1. The summed E-state index contributed by atoms with van der Waals surface area (Å²) in [5.74, 6) is 0.466. The summed E-state index contributed by atoms with van der Waals surface area (Å²) in [5, 5.41) is 11.7. The highest BCUT2D eigenvalue weighted by Crippen LogP contribution is 2.28. The van der Waals surface area contributed by atoms with Crippen molar-refractivity contribution in [3.8, 4) is 5.75 Å². The van der Waals surface area contributed by atoms with Gasteiger partial charge in [0, 0.05) is 22.4 Å². The molecular weight excluding hydrogens is 254 g/mol. The van der Waals surface area contributed by atoms with Crippen molar-refractivity contribution in [3.05, 3.63) is 65.2 Å². The number of benzene rings is 2. The Hall–Kier alpha value is -2.59. The van der Waals surface area contributed by atoms with E-state index in [0.717, 1.165) is 16.8 Å². The predicted octanol–water partition coefficient (Wildman–Crippen LogP) is 2.26. The number of carbonyl (C=O) groups is 1. The lowest BCUT2D eigenvalue weighted by atomic mass is 10.1. The lowest BCUT2D eigenvalue weighted by molar-refractivity contribution is 0.0974. The molecule has 2 aromatic rings. The van der Waals surface area contributed by atoms with E-state index in [9.17, 15) is 4.79 Å². The minimum Gasteiger partial charge on any atom is -0.467 e. The molecule has 1 amide bonds. The van der Waals surface area contributed by atoms with Crippen molar-refractivity contribution in [1.82, 2.24) is 5.32 Å². The van der Waals surface area contributed by atoms with Crippen LogP contribution in [-0.4, -0.2) is 17.8 Å². The third-order valence-corrected chi connectivity index (χ3v) is 3.15. The first-order valence-corrected chi connectivity index (χ1v) is 6.25. The monoisotopic (exact) mass is 267 g/mol. The highest BCUT2D eigenvalue weighted by molar-refractivity contribution is 6.11. The van der Waals surface area contributed by atoms with Crippen LogP contribution in [-0.2, 0) is 0 Å². The van der Waals surface area contributed by atoms with E-state index in [1.807, 2.05) is 42.5 Å². The van der Waals surface area contributed by atoms with Gasteiger partial charge in [-0.25, -0.2) is 0 Å². The lowest BCUT2D eigenvalue weighted by Gasteiger charge is -2.07. The minimum absolute atomic E-state index is 0.104. The number of hydrogen-bond donors (Lipinski definition) is 2. The second kappa shape index (κ2) is 5.19. The van der Waals surface area contributed by atoms with Crippen LogP contribution >= 0.6 is 0 Å². The number of aliphatic hydroxyl groups is 1. The van der Waals surface area contributed by atoms with Crippen LogP contribution in [0, 0.1) is 0 Å². The summed E-state index contributed by atoms with van der Waals surface area (Å²) < 4.78 is 5.16. The highest BCUT2D eigenvalue weighted by atomic mass is 16.6. The Morgan fingerprint density at radius 3 is 2.55 bits per heavy atom. The Morgan fingerprint density at radius 1 is 1.05 bits per heavy atom. The summed E-state index contributed by atoms with van der Waals surface area (Å²) in [6.45, 7) is -0.386. The average Bonchev–Trinajstić information content (AvgIpc) is 2.79. The van der Waals surface area contributed by atoms with Crippen LogP contribution < -0.4 is 10.1 Å². The van der Waals surface area contributed by atoms with Crippen LogP contribution in [0.3, 0.4) is 0 Å². The van der Waals surface area contributed by atoms with Gasteiger partial charge in [-0.05, 0) is 18.2 Å². The van der Waals surface area contributed by atoms with Crippen molar-refractivity contribution < 1.29 is 14.6 Å². The zero-order valence-corrected chi connectivity index (χ0v) is 10.7. The molecule has 100 valence electrons. The van der Waals surface area contributed by atoms with E-state index in [2.05, 4.69) is 5.32 Å². The first-order chi connectivity index (χ1) is 9.79. The summed E-state index contributed by atoms with van der Waals surface area (Å²) in [4.78, 5) is 11.9. The van der Waals surface area contributed by atoms with Crippen LogP contribution in [0.1, 0.15) is 21.5 Å². The molecule has 0 unspecified atom stereocenters. The maximum Gasteiger partial charge on any atom is 0.256 e. The van der Waals surface area contributed by atoms with Gasteiger partial charge in [-0.3, -0.25) is 4.79 Å². The fraction of sp³-hybridized carbons (Fsp3) is 0.0625. The molecule has 0 atom stereocenters. The summed E-state index contributed by atoms with van der Waals surface area (Å²) in [6, 6.07) is 14.8. The van der Waals surface area contributed by atoms with Gasteiger partial charge in [0.1, 0.15) is 5.75 Å². The van der Waals surface area contributed by atoms with Crippen molar-refractivity contribution in [2.45, 2.75) is 0 Å². The molecule has 0 aliphatic carbocycles. The summed E-state index contributed by atoms with van der Waals surface area (Å²) >= 11 is 0. The van der Waals surface area contributed by atoms with Gasteiger partial charge < -0.3 is 15.2 Å². The van der Waals surface area contributed by atoms with Gasteiger partial charge in [-0.15, -0.1) is 0 Å². The normalized spacial score (nSPS) is 15.1. The van der Waals surface area contributed by atoms with E-state index in [4.69, 9.17) is 9.84 Å². The van der Waals surface area contributed by atoms with E-state index in [-0.39, 0.29) is 12.7 Å². The van der Waals surface area contributed by atoms with E-state index in [1.54, 1.807) is 12.1 Å². The molecule has 2 aromatic carbocycles. The van der Waals surface area contributed by atoms with Crippen LogP contribution in [0.5, 0.6) is 5.75 Å². The number of hydrogen-bond acceptors (Lipinski definition) is 3. The standard InChI is InChI=1S/C16H13NO3/c18-10-20-15-8-4-1-5-11(15)9-14-12-6-2-3-7-13(12)16(19)17-14/h1-9,18H,10H2,(H,17,19)/b14-9-. The van der Waals surface area contributed by atoms with Crippen molar-refractivity contribution >= 4 is 17.7 Å². The summed E-state index contributed by atoms with van der Waals surface area (Å²) in [6.07, 6.45) is 1.84. The molecule has 1 aliphatic rings. The molecule has 0 spiro atoms. The second-order valence-electron chi connectivity index (χ2n) is 4.37. The third kappa shape index (κ3) is 2.17. The molecule has 0 fully saturated rings. The molecule has 0 bridgehead atoms. The molecule has 1 heterocycles. The molecule has 0 saturated carbocycles. The van der Waals surface area contributed by atoms with Gasteiger partial charge in [0.15, 0.2) is 6.79 Å². The van der Waals surface area contributed by atoms with Crippen molar-refractivity contribution in [3.63, 3.8) is 0 Å². The van der Waals surface area contributed by atoms with Gasteiger partial charge in [-0.2, -0.15) is 0 Å². The highest BCUT2D eigenvalue weighted by Gasteiger charge is 2.22. The average molecular weight is 267 g/mol. The second-order valence-corrected chi connectivity index (χ2v) is 4.37. The molecule has 3 rings (SSSR count). The number of carbonyl (C=O) groups excluding carboxylic acids is 1. The first-order valence-electron chi connectivity index (χ1n) is 6.25. The van der Waals surface area contributed by atoms with Crippen LogP contribution in [0.4, 0.5) is 0 Å². The Kier molecular flexibility index (Phi) is 3.23. The fourth-order valence-corrected chi connectivity index (χ4v) is 2.24. The Morgan fingerprint density at radius 2 is 1.75 bits per heavy atom. The third-order valence-electron chi connectivity index (χ3n) is 3.15. The molecule has 2 N–H and O–H groups in total. The molecule has 20 heavy (non-hydrogen) atoms. The van der Waals surface area contributed by atoms with Crippen molar-refractivity contribution in [2.24, 2.45) is 0 Å². The predicted molar refractivity (Wildman–Crippen MR) is 75.9 cm³/mol. The van der Waals surface area contributed by atoms with E-state index in [1.165, 1.54) is 0 Å². The number of fused-ring (bicyclic) bond motifs is 1. The summed E-state index contributed by atoms with van der Waals surface area (Å²) in [5.41, 5.74) is 3.07. The van der Waals surface area contributed by atoms with Gasteiger partial charge in [0.05, 0.1) is 0 Å². The Bertz CT molecular complexity index is 692. The molecule has 1 aliphatic heterocycles. The zero-order valence-electron chi connectivity index (χ0n) is 10.7. The maximum absolute atomic E-state index is 11.9. The van der Waals surface area contributed by atoms with E-state index in [0.29, 0.717) is 11.3 Å².